The van der Waals surface area contributed by atoms with Gasteiger partial charge in [-0.1, -0.05) is 11.3 Å². The van der Waals surface area contributed by atoms with Gasteiger partial charge in [0, 0.05) is 0 Å². The number of hydrogen-bond donors (Lipinski definition) is 1. The molecule has 0 radical (unpaired) electrons. The molecule has 14 heavy (non-hydrogen) atoms. The lowest BCUT2D eigenvalue weighted by molar-refractivity contribution is -0.121. The van der Waals surface area contributed by atoms with Crippen molar-refractivity contribution in [3.05, 3.63) is 10.0 Å². The highest BCUT2D eigenvalue weighted by atomic mass is 35.5. The van der Waals surface area contributed by atoms with Crippen LogP contribution in [0.1, 0.15) is 29.9 Å². The zero-order chi connectivity index (χ0) is 10.7. The smallest absolute Gasteiger partial charge is 0.238 e. The Balaban J connectivity index is 2.59. The van der Waals surface area contributed by atoms with Gasteiger partial charge in [0.05, 0.1) is 6.04 Å². The minimum Gasteiger partial charge on any atom is -0.346 e. The van der Waals surface area contributed by atoms with Crippen LogP contribution in [0.5, 0.6) is 0 Å². The van der Waals surface area contributed by atoms with Crippen molar-refractivity contribution in [1.29, 1.82) is 0 Å². The Morgan fingerprint density at radius 3 is 2.57 bits per heavy atom. The molecule has 78 valence electrons. The van der Waals surface area contributed by atoms with E-state index in [4.69, 9.17) is 11.6 Å². The molecule has 0 aliphatic heterocycles. The second-order valence-corrected chi connectivity index (χ2v) is 4.87. The third-order valence-corrected chi connectivity index (χ3v) is 2.85. The number of alkyl halides is 1. The number of halogens is 1. The molecule has 0 fully saturated rings. The highest BCUT2D eigenvalue weighted by Crippen LogP contribution is 2.16. The first-order valence-electron chi connectivity index (χ1n) is 4.25. The van der Waals surface area contributed by atoms with E-state index in [1.807, 2.05) is 13.8 Å². The van der Waals surface area contributed by atoms with Gasteiger partial charge in [-0.15, -0.1) is 21.8 Å². The van der Waals surface area contributed by atoms with Gasteiger partial charge in [-0.05, 0) is 20.8 Å². The summed E-state index contributed by atoms with van der Waals surface area (Å²) in [6, 6.07) is -0.130. The van der Waals surface area contributed by atoms with E-state index in [9.17, 15) is 4.79 Å². The molecule has 0 aromatic carbocycles. The van der Waals surface area contributed by atoms with E-state index >= 15 is 0 Å². The first-order chi connectivity index (χ1) is 6.50. The summed E-state index contributed by atoms with van der Waals surface area (Å²) in [6.45, 7) is 5.37. The van der Waals surface area contributed by atoms with Crippen LogP contribution in [0.25, 0.3) is 0 Å². The van der Waals surface area contributed by atoms with E-state index in [0.717, 1.165) is 10.0 Å². The fourth-order valence-corrected chi connectivity index (χ4v) is 1.64. The summed E-state index contributed by atoms with van der Waals surface area (Å²) in [7, 11) is 0. The van der Waals surface area contributed by atoms with Crippen molar-refractivity contribution in [2.24, 2.45) is 0 Å². The predicted molar refractivity (Wildman–Crippen MR) is 56.5 cm³/mol. The van der Waals surface area contributed by atoms with Crippen LogP contribution in [0.15, 0.2) is 0 Å². The highest BCUT2D eigenvalue weighted by molar-refractivity contribution is 7.11. The average Bonchev–Trinajstić information content (AvgIpc) is 2.51. The van der Waals surface area contributed by atoms with Gasteiger partial charge in [0.2, 0.25) is 5.91 Å². The van der Waals surface area contributed by atoms with E-state index < -0.39 is 5.38 Å². The molecule has 2 unspecified atom stereocenters. The summed E-state index contributed by atoms with van der Waals surface area (Å²) in [5, 5.41) is 11.7. The lowest BCUT2D eigenvalue weighted by Gasteiger charge is -2.11. The molecule has 1 heterocycles. The quantitative estimate of drug-likeness (QED) is 0.808. The first-order valence-corrected chi connectivity index (χ1v) is 5.50. The van der Waals surface area contributed by atoms with Crippen molar-refractivity contribution in [3.63, 3.8) is 0 Å². The number of nitrogens with zero attached hydrogens (tertiary/aromatic N) is 2. The third kappa shape index (κ3) is 2.92. The molecule has 0 aliphatic rings. The predicted octanol–water partition coefficient (Wildman–Crippen LogP) is 1.65. The first kappa shape index (κ1) is 11.4. The molecule has 0 saturated heterocycles. The number of carbonyl (C=O) groups is 1. The highest BCUT2D eigenvalue weighted by Gasteiger charge is 2.16. The molecule has 0 saturated carbocycles. The van der Waals surface area contributed by atoms with Crippen molar-refractivity contribution in [1.82, 2.24) is 15.5 Å². The Labute approximate surface area is 91.7 Å². The number of rotatable bonds is 3. The maximum absolute atomic E-state index is 11.2. The number of nitrogens with one attached hydrogen (secondary N) is 1. The molecule has 0 bridgehead atoms. The van der Waals surface area contributed by atoms with Crippen LogP contribution in [0.2, 0.25) is 0 Å². The molecule has 1 rings (SSSR count). The number of aromatic nitrogens is 2. The largest absolute Gasteiger partial charge is 0.346 e. The van der Waals surface area contributed by atoms with Crippen LogP contribution < -0.4 is 5.32 Å². The van der Waals surface area contributed by atoms with Gasteiger partial charge >= 0.3 is 0 Å². The molecule has 1 amide bonds. The molecule has 2 atom stereocenters. The number of hydrogen-bond acceptors (Lipinski definition) is 4. The van der Waals surface area contributed by atoms with Gasteiger partial charge < -0.3 is 5.32 Å². The summed E-state index contributed by atoms with van der Waals surface area (Å²) in [4.78, 5) is 11.2. The monoisotopic (exact) mass is 233 g/mol. The fourth-order valence-electron chi connectivity index (χ4n) is 0.877. The average molecular weight is 234 g/mol. The zero-order valence-corrected chi connectivity index (χ0v) is 9.82. The molecule has 1 aromatic rings. The van der Waals surface area contributed by atoms with E-state index in [-0.39, 0.29) is 11.9 Å². The molecule has 1 N–H and O–H groups in total. The summed E-state index contributed by atoms with van der Waals surface area (Å²) in [5.74, 6) is -0.188. The van der Waals surface area contributed by atoms with Gasteiger partial charge in [-0.25, -0.2) is 0 Å². The summed E-state index contributed by atoms with van der Waals surface area (Å²) >= 11 is 7.09. The zero-order valence-electron chi connectivity index (χ0n) is 8.24. The lowest BCUT2D eigenvalue weighted by Crippen LogP contribution is -2.31. The maximum atomic E-state index is 11.2. The van der Waals surface area contributed by atoms with Gasteiger partial charge in [0.15, 0.2) is 0 Å². The van der Waals surface area contributed by atoms with Crippen LogP contribution in [-0.4, -0.2) is 21.5 Å². The number of carbonyl (C=O) groups excluding carboxylic acids is 1. The van der Waals surface area contributed by atoms with Crippen molar-refractivity contribution < 1.29 is 4.79 Å². The SMILES string of the molecule is Cc1nnc(C(C)NC(=O)C(C)Cl)s1. The maximum Gasteiger partial charge on any atom is 0.238 e. The third-order valence-electron chi connectivity index (χ3n) is 1.63. The minimum absolute atomic E-state index is 0.130. The van der Waals surface area contributed by atoms with Gasteiger partial charge in [0.25, 0.3) is 0 Å². The van der Waals surface area contributed by atoms with E-state index in [1.54, 1.807) is 6.92 Å². The Bertz CT molecular complexity index is 326. The van der Waals surface area contributed by atoms with E-state index in [1.165, 1.54) is 11.3 Å². The van der Waals surface area contributed by atoms with Gasteiger partial charge in [0.1, 0.15) is 15.4 Å². The number of aryl methyl sites for hydroxylation is 1. The van der Waals surface area contributed by atoms with Crippen LogP contribution in [-0.2, 0) is 4.79 Å². The normalized spacial score (nSPS) is 14.9. The summed E-state index contributed by atoms with van der Waals surface area (Å²) in [5.41, 5.74) is 0. The van der Waals surface area contributed by atoms with Crippen molar-refractivity contribution >= 4 is 28.8 Å². The lowest BCUT2D eigenvalue weighted by atomic mass is 10.3. The van der Waals surface area contributed by atoms with Crippen molar-refractivity contribution in [3.8, 4) is 0 Å². The second kappa shape index (κ2) is 4.70. The van der Waals surface area contributed by atoms with Crippen molar-refractivity contribution in [2.45, 2.75) is 32.2 Å². The fraction of sp³-hybridized carbons (Fsp3) is 0.625. The standard InChI is InChI=1S/C8H12ClN3OS/c1-4(9)7(13)10-5(2)8-12-11-6(3)14-8/h4-5H,1-3H3,(H,10,13). The van der Waals surface area contributed by atoms with Crippen LogP contribution in [0, 0.1) is 6.92 Å². The van der Waals surface area contributed by atoms with Crippen LogP contribution >= 0.6 is 22.9 Å². The van der Waals surface area contributed by atoms with E-state index in [2.05, 4.69) is 15.5 Å². The molecular weight excluding hydrogens is 222 g/mol. The molecule has 0 aliphatic carbocycles. The van der Waals surface area contributed by atoms with E-state index in [0.29, 0.717) is 0 Å². The molecule has 6 heteroatoms. The van der Waals surface area contributed by atoms with Crippen molar-refractivity contribution in [2.75, 3.05) is 0 Å². The second-order valence-electron chi connectivity index (χ2n) is 3.01. The van der Waals surface area contributed by atoms with Gasteiger partial charge in [-0.2, -0.15) is 0 Å². The van der Waals surface area contributed by atoms with Gasteiger partial charge in [-0.3, -0.25) is 4.79 Å². The summed E-state index contributed by atoms with van der Waals surface area (Å²) < 4.78 is 0. The number of amides is 1. The molecule has 4 nitrogen and oxygen atoms in total. The Morgan fingerprint density at radius 1 is 1.50 bits per heavy atom. The summed E-state index contributed by atoms with van der Waals surface area (Å²) in [6.07, 6.45) is 0. The Morgan fingerprint density at radius 2 is 2.14 bits per heavy atom. The topological polar surface area (TPSA) is 54.9 Å². The Hall–Kier alpha value is -0.680. The molecule has 0 spiro atoms. The van der Waals surface area contributed by atoms with Crippen LogP contribution in [0.4, 0.5) is 0 Å². The molecular formula is C8H12ClN3OS. The molecule has 1 aromatic heterocycles. The minimum atomic E-state index is -0.522. The Kier molecular flexibility index (Phi) is 3.83. The van der Waals surface area contributed by atoms with Crippen LogP contribution in [0.3, 0.4) is 0 Å².